The molecular weight excluding hydrogens is 286 g/mol. The Hall–Kier alpha value is -1.51. The van der Waals surface area contributed by atoms with Crippen LogP contribution < -0.4 is 9.64 Å². The first kappa shape index (κ1) is 17.8. The minimum absolute atomic E-state index is 0.0837. The van der Waals surface area contributed by atoms with Crippen LogP contribution in [0.4, 0.5) is 5.69 Å². The van der Waals surface area contributed by atoms with Gasteiger partial charge < -0.3 is 9.64 Å². The molecule has 0 bridgehead atoms. The molecule has 1 aliphatic heterocycles. The first-order chi connectivity index (χ1) is 11.2. The van der Waals surface area contributed by atoms with Crippen LogP contribution in [0.25, 0.3) is 0 Å². The summed E-state index contributed by atoms with van der Waals surface area (Å²) in [5.41, 5.74) is 2.10. The molecule has 1 unspecified atom stereocenters. The van der Waals surface area contributed by atoms with Crippen molar-refractivity contribution < 1.29 is 9.53 Å². The second-order valence-corrected chi connectivity index (χ2v) is 6.72. The van der Waals surface area contributed by atoms with E-state index in [0.717, 1.165) is 30.3 Å². The fourth-order valence-electron chi connectivity index (χ4n) is 3.33. The minimum atomic E-state index is 0.0837. The number of ether oxygens (including phenoxy) is 1. The molecule has 0 aliphatic carbocycles. The number of hydrogen-bond acceptors (Lipinski definition) is 2. The summed E-state index contributed by atoms with van der Waals surface area (Å²) in [6, 6.07) is 6.09. The van der Waals surface area contributed by atoms with Crippen molar-refractivity contribution in [2.24, 2.45) is 5.92 Å². The molecule has 128 valence electrons. The van der Waals surface area contributed by atoms with Crippen molar-refractivity contribution in [3.63, 3.8) is 0 Å². The number of amides is 1. The Bertz CT molecular complexity index is 512. The maximum atomic E-state index is 12.2. The molecule has 0 radical (unpaired) electrons. The van der Waals surface area contributed by atoms with Gasteiger partial charge >= 0.3 is 0 Å². The van der Waals surface area contributed by atoms with Crippen LogP contribution in [0.2, 0.25) is 0 Å². The third-order valence-electron chi connectivity index (χ3n) is 4.85. The number of fused-ring (bicyclic) bond motifs is 1. The molecule has 0 N–H and O–H groups in total. The topological polar surface area (TPSA) is 29.5 Å². The molecule has 2 rings (SSSR count). The van der Waals surface area contributed by atoms with Crippen molar-refractivity contribution in [3.8, 4) is 5.75 Å². The average Bonchev–Trinajstić information content (AvgIpc) is 2.55. The first-order valence-electron chi connectivity index (χ1n) is 9.19. The average molecular weight is 317 g/mol. The number of unbranched alkanes of at least 4 members (excludes halogenated alkanes) is 2. The van der Waals surface area contributed by atoms with Crippen molar-refractivity contribution in [2.75, 3.05) is 18.1 Å². The standard InChI is InChI=1S/C20H31NO2/c1-4-6-7-9-17(5-2)10-8-13-21-18-12-11-16(3)14-19(18)23-15-20(21)22/h11-12,14,17H,4-10,13,15H2,1-3H3. The van der Waals surface area contributed by atoms with Crippen molar-refractivity contribution in [2.45, 2.75) is 65.7 Å². The highest BCUT2D eigenvalue weighted by Gasteiger charge is 2.25. The van der Waals surface area contributed by atoms with Gasteiger partial charge in [-0.25, -0.2) is 0 Å². The van der Waals surface area contributed by atoms with E-state index in [4.69, 9.17) is 4.74 Å². The van der Waals surface area contributed by atoms with Crippen molar-refractivity contribution in [1.82, 2.24) is 0 Å². The van der Waals surface area contributed by atoms with Crippen LogP contribution in [-0.2, 0) is 4.79 Å². The number of nitrogens with zero attached hydrogens (tertiary/aromatic N) is 1. The van der Waals surface area contributed by atoms with Gasteiger partial charge in [-0.3, -0.25) is 4.79 Å². The monoisotopic (exact) mass is 317 g/mol. The molecule has 3 heteroatoms. The summed E-state index contributed by atoms with van der Waals surface area (Å²) < 4.78 is 5.57. The molecule has 1 aromatic carbocycles. The smallest absolute Gasteiger partial charge is 0.265 e. The van der Waals surface area contributed by atoms with Crippen molar-refractivity contribution in [3.05, 3.63) is 23.8 Å². The van der Waals surface area contributed by atoms with Gasteiger partial charge in [0.2, 0.25) is 0 Å². The summed E-state index contributed by atoms with van der Waals surface area (Å²) in [5.74, 6) is 1.73. The third-order valence-corrected chi connectivity index (χ3v) is 4.85. The van der Waals surface area contributed by atoms with E-state index in [1.165, 1.54) is 44.1 Å². The van der Waals surface area contributed by atoms with Crippen molar-refractivity contribution in [1.29, 1.82) is 0 Å². The van der Waals surface area contributed by atoms with E-state index in [0.29, 0.717) is 0 Å². The molecule has 23 heavy (non-hydrogen) atoms. The van der Waals surface area contributed by atoms with Crippen LogP contribution in [-0.4, -0.2) is 19.1 Å². The number of benzene rings is 1. The zero-order chi connectivity index (χ0) is 16.7. The van der Waals surface area contributed by atoms with Gasteiger partial charge in [0.1, 0.15) is 5.75 Å². The van der Waals surface area contributed by atoms with E-state index < -0.39 is 0 Å². The molecule has 0 saturated carbocycles. The van der Waals surface area contributed by atoms with E-state index in [1.54, 1.807) is 0 Å². The Labute approximate surface area is 141 Å². The Morgan fingerprint density at radius 2 is 1.96 bits per heavy atom. The van der Waals surface area contributed by atoms with E-state index >= 15 is 0 Å². The van der Waals surface area contributed by atoms with Gasteiger partial charge in [0, 0.05) is 6.54 Å². The summed E-state index contributed by atoms with van der Waals surface area (Å²) in [6.45, 7) is 7.57. The Morgan fingerprint density at radius 3 is 2.70 bits per heavy atom. The van der Waals surface area contributed by atoms with Crippen LogP contribution in [0, 0.1) is 12.8 Å². The van der Waals surface area contributed by atoms with Gasteiger partial charge in [0.25, 0.3) is 5.91 Å². The van der Waals surface area contributed by atoms with Gasteiger partial charge in [-0.15, -0.1) is 0 Å². The van der Waals surface area contributed by atoms with Gasteiger partial charge in [-0.05, 0) is 43.4 Å². The quantitative estimate of drug-likeness (QED) is 0.592. The highest BCUT2D eigenvalue weighted by atomic mass is 16.5. The fraction of sp³-hybridized carbons (Fsp3) is 0.650. The Morgan fingerprint density at radius 1 is 1.17 bits per heavy atom. The predicted octanol–water partition coefficient (Wildman–Crippen LogP) is 5.11. The lowest BCUT2D eigenvalue weighted by Crippen LogP contribution is -2.39. The van der Waals surface area contributed by atoms with E-state index in [-0.39, 0.29) is 12.5 Å². The maximum absolute atomic E-state index is 12.2. The molecule has 3 nitrogen and oxygen atoms in total. The summed E-state index contributed by atoms with van der Waals surface area (Å²) in [7, 11) is 0. The maximum Gasteiger partial charge on any atom is 0.265 e. The van der Waals surface area contributed by atoms with Crippen LogP contribution in [0.15, 0.2) is 18.2 Å². The number of carbonyl (C=O) groups excluding carboxylic acids is 1. The predicted molar refractivity (Wildman–Crippen MR) is 96.2 cm³/mol. The highest BCUT2D eigenvalue weighted by Crippen LogP contribution is 2.33. The summed E-state index contributed by atoms with van der Waals surface area (Å²) in [4.78, 5) is 14.1. The van der Waals surface area contributed by atoms with E-state index in [9.17, 15) is 4.79 Å². The Kier molecular flexibility index (Phi) is 6.94. The van der Waals surface area contributed by atoms with Crippen LogP contribution in [0.1, 0.15) is 64.4 Å². The van der Waals surface area contributed by atoms with E-state index in [2.05, 4.69) is 13.8 Å². The Balaban J connectivity index is 1.88. The molecule has 0 spiro atoms. The highest BCUT2D eigenvalue weighted by molar-refractivity contribution is 5.97. The number of hydrogen-bond donors (Lipinski definition) is 0. The van der Waals surface area contributed by atoms with Crippen molar-refractivity contribution >= 4 is 11.6 Å². The van der Waals surface area contributed by atoms with Crippen LogP contribution in [0.3, 0.4) is 0 Å². The lowest BCUT2D eigenvalue weighted by atomic mass is 9.93. The van der Waals surface area contributed by atoms with Crippen LogP contribution in [0.5, 0.6) is 5.75 Å². The molecule has 1 heterocycles. The number of carbonyl (C=O) groups is 1. The molecule has 1 aromatic rings. The zero-order valence-corrected chi connectivity index (χ0v) is 14.9. The largest absolute Gasteiger partial charge is 0.482 e. The second kappa shape index (κ2) is 8.95. The normalized spacial score (nSPS) is 15.3. The lowest BCUT2D eigenvalue weighted by Gasteiger charge is -2.30. The molecule has 0 aromatic heterocycles. The summed E-state index contributed by atoms with van der Waals surface area (Å²) in [6.07, 6.45) is 8.83. The summed E-state index contributed by atoms with van der Waals surface area (Å²) >= 11 is 0. The minimum Gasteiger partial charge on any atom is -0.482 e. The number of anilines is 1. The van der Waals surface area contributed by atoms with Crippen LogP contribution >= 0.6 is 0 Å². The fourth-order valence-corrected chi connectivity index (χ4v) is 3.33. The molecule has 1 aliphatic rings. The van der Waals surface area contributed by atoms with Gasteiger partial charge in [-0.1, -0.05) is 52.0 Å². The summed E-state index contributed by atoms with van der Waals surface area (Å²) in [5, 5.41) is 0. The van der Waals surface area contributed by atoms with Gasteiger partial charge in [0.05, 0.1) is 5.69 Å². The van der Waals surface area contributed by atoms with Gasteiger partial charge in [-0.2, -0.15) is 0 Å². The van der Waals surface area contributed by atoms with E-state index in [1.807, 2.05) is 30.0 Å². The lowest BCUT2D eigenvalue weighted by molar-refractivity contribution is -0.121. The number of aryl methyl sites for hydroxylation is 1. The SMILES string of the molecule is CCCCCC(CC)CCCN1C(=O)COc2cc(C)ccc21. The molecule has 0 saturated heterocycles. The first-order valence-corrected chi connectivity index (χ1v) is 9.19. The number of rotatable bonds is 9. The molecular formula is C20H31NO2. The molecule has 1 amide bonds. The van der Waals surface area contributed by atoms with Gasteiger partial charge in [0.15, 0.2) is 6.61 Å². The molecule has 0 fully saturated rings. The zero-order valence-electron chi connectivity index (χ0n) is 14.9. The third kappa shape index (κ3) is 4.98. The second-order valence-electron chi connectivity index (χ2n) is 6.72. The molecule has 1 atom stereocenters.